The topological polar surface area (TPSA) is 85.4 Å². The van der Waals surface area contributed by atoms with Crippen LogP contribution in [0.2, 0.25) is 0 Å². The van der Waals surface area contributed by atoms with Gasteiger partial charge in [-0.15, -0.1) is 0 Å². The lowest BCUT2D eigenvalue weighted by atomic mass is 10.2. The number of hydrogen-bond acceptors (Lipinski definition) is 6. The molecular formula is C20H18N4O3. The van der Waals surface area contributed by atoms with Crippen molar-refractivity contribution in [3.8, 4) is 11.5 Å². The fraction of sp³-hybridized carbons (Fsp3) is 0.150. The molecule has 2 aromatic carbocycles. The first-order chi connectivity index (χ1) is 13.2. The highest BCUT2D eigenvalue weighted by Crippen LogP contribution is 2.33. The van der Waals surface area contributed by atoms with E-state index in [1.165, 1.54) is 0 Å². The van der Waals surface area contributed by atoms with Crippen LogP contribution in [0.25, 0.3) is 0 Å². The number of nitrogens with zero attached hydrogens (tertiary/aromatic N) is 2. The molecule has 4 rings (SSSR count). The lowest BCUT2D eigenvalue weighted by Gasteiger charge is -2.19. The van der Waals surface area contributed by atoms with Crippen LogP contribution in [0.3, 0.4) is 0 Å². The Balaban J connectivity index is 1.51. The van der Waals surface area contributed by atoms with Gasteiger partial charge in [0.05, 0.1) is 0 Å². The third-order valence-electron chi connectivity index (χ3n) is 4.08. The smallest absolute Gasteiger partial charge is 0.274 e. The van der Waals surface area contributed by atoms with E-state index in [1.807, 2.05) is 49.4 Å². The quantitative estimate of drug-likeness (QED) is 0.738. The zero-order valence-corrected chi connectivity index (χ0v) is 14.7. The van der Waals surface area contributed by atoms with E-state index >= 15 is 0 Å². The van der Waals surface area contributed by atoms with Crippen LogP contribution < -0.4 is 20.1 Å². The lowest BCUT2D eigenvalue weighted by molar-refractivity contribution is 0.102. The van der Waals surface area contributed by atoms with E-state index < -0.39 is 0 Å². The van der Waals surface area contributed by atoms with E-state index in [1.54, 1.807) is 12.3 Å². The van der Waals surface area contributed by atoms with Gasteiger partial charge in [0.1, 0.15) is 18.9 Å². The summed E-state index contributed by atoms with van der Waals surface area (Å²) in [4.78, 5) is 21.0. The Morgan fingerprint density at radius 3 is 2.70 bits per heavy atom. The number of anilines is 3. The van der Waals surface area contributed by atoms with Gasteiger partial charge in [-0.05, 0) is 36.8 Å². The summed E-state index contributed by atoms with van der Waals surface area (Å²) in [6, 6.07) is 14.6. The highest BCUT2D eigenvalue weighted by Gasteiger charge is 2.13. The average Bonchev–Trinajstić information content (AvgIpc) is 2.70. The standard InChI is InChI=1S/C20H18N4O3/c1-13-4-2-3-5-15(13)23-19(25)16-8-9-21-20(24-16)22-14-6-7-17-18(12-14)27-11-10-26-17/h2-9,12H,10-11H2,1H3,(H,23,25)(H,21,22,24). The van der Waals surface area contributed by atoms with E-state index in [-0.39, 0.29) is 11.6 Å². The first kappa shape index (κ1) is 16.8. The number of amides is 1. The number of rotatable bonds is 4. The molecule has 1 aliphatic rings. The molecule has 0 unspecified atom stereocenters. The van der Waals surface area contributed by atoms with Crippen LogP contribution >= 0.6 is 0 Å². The monoisotopic (exact) mass is 362 g/mol. The van der Waals surface area contributed by atoms with Crippen molar-refractivity contribution in [2.45, 2.75) is 6.92 Å². The molecule has 0 radical (unpaired) electrons. The number of fused-ring (bicyclic) bond motifs is 1. The molecule has 0 saturated carbocycles. The maximum absolute atomic E-state index is 12.5. The average molecular weight is 362 g/mol. The second-order valence-corrected chi connectivity index (χ2v) is 6.02. The van der Waals surface area contributed by atoms with Gasteiger partial charge in [-0.1, -0.05) is 18.2 Å². The van der Waals surface area contributed by atoms with Crippen LogP contribution in [-0.2, 0) is 0 Å². The highest BCUT2D eigenvalue weighted by atomic mass is 16.6. The molecule has 2 N–H and O–H groups in total. The van der Waals surface area contributed by atoms with Crippen molar-refractivity contribution in [1.29, 1.82) is 0 Å². The molecular weight excluding hydrogens is 344 g/mol. The third kappa shape index (κ3) is 3.82. The lowest BCUT2D eigenvalue weighted by Crippen LogP contribution is -2.16. The van der Waals surface area contributed by atoms with Crippen LogP contribution in [0.5, 0.6) is 11.5 Å². The fourth-order valence-electron chi connectivity index (χ4n) is 2.70. The molecule has 7 nitrogen and oxygen atoms in total. The van der Waals surface area contributed by atoms with E-state index in [9.17, 15) is 4.79 Å². The summed E-state index contributed by atoms with van der Waals surface area (Å²) in [7, 11) is 0. The zero-order valence-electron chi connectivity index (χ0n) is 14.7. The Morgan fingerprint density at radius 1 is 1.04 bits per heavy atom. The summed E-state index contributed by atoms with van der Waals surface area (Å²) in [6.45, 7) is 2.99. The maximum atomic E-state index is 12.5. The van der Waals surface area contributed by atoms with Crippen molar-refractivity contribution >= 4 is 23.2 Å². The van der Waals surface area contributed by atoms with Gasteiger partial charge in [0.25, 0.3) is 5.91 Å². The second-order valence-electron chi connectivity index (χ2n) is 6.02. The van der Waals surface area contributed by atoms with E-state index in [2.05, 4.69) is 20.6 Å². The normalized spacial score (nSPS) is 12.3. The second kappa shape index (κ2) is 7.33. The van der Waals surface area contributed by atoms with Gasteiger partial charge >= 0.3 is 0 Å². The number of hydrogen-bond donors (Lipinski definition) is 2. The number of benzene rings is 2. The Morgan fingerprint density at radius 2 is 1.85 bits per heavy atom. The number of carbonyl (C=O) groups excluding carboxylic acids is 1. The predicted octanol–water partition coefficient (Wildman–Crippen LogP) is 3.55. The Hall–Kier alpha value is -3.61. The van der Waals surface area contributed by atoms with Crippen molar-refractivity contribution in [2.75, 3.05) is 23.8 Å². The minimum atomic E-state index is -0.295. The minimum absolute atomic E-state index is 0.272. The molecule has 7 heteroatoms. The summed E-state index contributed by atoms with van der Waals surface area (Å²) in [5.41, 5.74) is 2.75. The molecule has 1 amide bonds. The molecule has 3 aromatic rings. The first-order valence-electron chi connectivity index (χ1n) is 8.56. The molecule has 0 bridgehead atoms. The number of para-hydroxylation sites is 1. The largest absolute Gasteiger partial charge is 0.486 e. The fourth-order valence-corrected chi connectivity index (χ4v) is 2.70. The molecule has 0 aliphatic carbocycles. The predicted molar refractivity (Wildman–Crippen MR) is 102 cm³/mol. The summed E-state index contributed by atoms with van der Waals surface area (Å²) in [6.07, 6.45) is 1.54. The molecule has 27 heavy (non-hydrogen) atoms. The number of carbonyl (C=O) groups is 1. The van der Waals surface area contributed by atoms with Crippen LogP contribution in [0.4, 0.5) is 17.3 Å². The van der Waals surface area contributed by atoms with Gasteiger partial charge in [0.15, 0.2) is 11.5 Å². The third-order valence-corrected chi connectivity index (χ3v) is 4.08. The molecule has 0 saturated heterocycles. The highest BCUT2D eigenvalue weighted by molar-refractivity contribution is 6.03. The SMILES string of the molecule is Cc1ccccc1NC(=O)c1ccnc(Nc2ccc3c(c2)OCCO3)n1. The summed E-state index contributed by atoms with van der Waals surface area (Å²) < 4.78 is 11.1. The number of aromatic nitrogens is 2. The van der Waals surface area contributed by atoms with Crippen molar-refractivity contribution in [3.63, 3.8) is 0 Å². The van der Waals surface area contributed by atoms with E-state index in [0.29, 0.717) is 30.7 Å². The molecule has 1 aromatic heterocycles. The van der Waals surface area contributed by atoms with Gasteiger partial charge in [0, 0.05) is 23.6 Å². The summed E-state index contributed by atoms with van der Waals surface area (Å²) in [5, 5.41) is 5.95. The summed E-state index contributed by atoms with van der Waals surface area (Å²) >= 11 is 0. The molecule has 136 valence electrons. The van der Waals surface area contributed by atoms with E-state index in [4.69, 9.17) is 9.47 Å². The maximum Gasteiger partial charge on any atom is 0.274 e. The summed E-state index contributed by atoms with van der Waals surface area (Å²) in [5.74, 6) is 1.40. The van der Waals surface area contributed by atoms with Crippen molar-refractivity contribution in [3.05, 3.63) is 66.0 Å². The van der Waals surface area contributed by atoms with Gasteiger partial charge in [0.2, 0.25) is 5.95 Å². The van der Waals surface area contributed by atoms with Crippen molar-refractivity contribution < 1.29 is 14.3 Å². The van der Waals surface area contributed by atoms with Gasteiger partial charge in [-0.2, -0.15) is 0 Å². The number of aryl methyl sites for hydroxylation is 1. The molecule has 0 fully saturated rings. The van der Waals surface area contributed by atoms with Crippen LogP contribution in [0, 0.1) is 6.92 Å². The van der Waals surface area contributed by atoms with Gasteiger partial charge in [-0.25, -0.2) is 9.97 Å². The Bertz CT molecular complexity index is 990. The molecule has 1 aliphatic heterocycles. The Kier molecular flexibility index (Phi) is 4.57. The van der Waals surface area contributed by atoms with Crippen LogP contribution in [0.15, 0.2) is 54.7 Å². The van der Waals surface area contributed by atoms with Crippen LogP contribution in [-0.4, -0.2) is 29.1 Å². The van der Waals surface area contributed by atoms with Gasteiger partial charge in [-0.3, -0.25) is 4.79 Å². The molecule has 2 heterocycles. The van der Waals surface area contributed by atoms with Gasteiger partial charge < -0.3 is 20.1 Å². The number of nitrogens with one attached hydrogen (secondary N) is 2. The molecule has 0 atom stereocenters. The zero-order chi connectivity index (χ0) is 18.6. The van der Waals surface area contributed by atoms with Crippen LogP contribution in [0.1, 0.15) is 16.1 Å². The van der Waals surface area contributed by atoms with Crippen molar-refractivity contribution in [2.24, 2.45) is 0 Å². The number of ether oxygens (including phenoxy) is 2. The van der Waals surface area contributed by atoms with E-state index in [0.717, 1.165) is 16.9 Å². The first-order valence-corrected chi connectivity index (χ1v) is 8.56. The Labute approximate surface area is 156 Å². The van der Waals surface area contributed by atoms with Crippen molar-refractivity contribution in [1.82, 2.24) is 9.97 Å². The molecule has 0 spiro atoms. The minimum Gasteiger partial charge on any atom is -0.486 e.